The van der Waals surface area contributed by atoms with E-state index in [-0.39, 0.29) is 17.6 Å². The van der Waals surface area contributed by atoms with Crippen molar-refractivity contribution in [2.75, 3.05) is 32.7 Å². The highest BCUT2D eigenvalue weighted by molar-refractivity contribution is 5.87. The Labute approximate surface area is 195 Å². The molecule has 0 atom stereocenters. The van der Waals surface area contributed by atoms with Crippen molar-refractivity contribution in [3.8, 4) is 5.69 Å². The number of aromatic nitrogens is 1. The van der Waals surface area contributed by atoms with Crippen molar-refractivity contribution in [1.29, 1.82) is 0 Å². The lowest BCUT2D eigenvalue weighted by Crippen LogP contribution is -2.39. The van der Waals surface area contributed by atoms with Gasteiger partial charge in [0.1, 0.15) is 5.82 Å². The second kappa shape index (κ2) is 9.06. The quantitative estimate of drug-likeness (QED) is 0.452. The maximum absolute atomic E-state index is 13.5. The van der Waals surface area contributed by atoms with Crippen molar-refractivity contribution in [1.82, 2.24) is 14.4 Å². The molecule has 0 saturated carbocycles. The number of rotatable bonds is 5. The van der Waals surface area contributed by atoms with Gasteiger partial charge >= 0.3 is 6.18 Å². The molecule has 5 rings (SSSR count). The molecule has 1 amide bonds. The second-order valence-electron chi connectivity index (χ2n) is 9.26. The van der Waals surface area contributed by atoms with E-state index in [0.29, 0.717) is 17.6 Å². The molecular weight excluding hydrogens is 446 g/mol. The molecule has 4 nitrogen and oxygen atoms in total. The van der Waals surface area contributed by atoms with Crippen LogP contribution in [0.15, 0.2) is 48.7 Å². The number of hydrogen-bond donors (Lipinski definition) is 0. The van der Waals surface area contributed by atoms with Crippen LogP contribution in [0.3, 0.4) is 0 Å². The van der Waals surface area contributed by atoms with E-state index in [2.05, 4.69) is 4.90 Å². The van der Waals surface area contributed by atoms with Crippen LogP contribution in [0.2, 0.25) is 0 Å². The number of halogens is 4. The van der Waals surface area contributed by atoms with Crippen LogP contribution in [-0.4, -0.2) is 53.0 Å². The van der Waals surface area contributed by atoms with Gasteiger partial charge in [-0.2, -0.15) is 13.2 Å². The van der Waals surface area contributed by atoms with Crippen LogP contribution in [0, 0.1) is 5.82 Å². The molecule has 3 aromatic rings. The van der Waals surface area contributed by atoms with Gasteiger partial charge < -0.3 is 14.4 Å². The Morgan fingerprint density at radius 1 is 0.941 bits per heavy atom. The molecular formula is C26H27F4N3O. The summed E-state index contributed by atoms with van der Waals surface area (Å²) in [5.74, 6) is 0.0757. The Kier molecular flexibility index (Phi) is 6.10. The van der Waals surface area contributed by atoms with Crippen molar-refractivity contribution < 1.29 is 22.4 Å². The third kappa shape index (κ3) is 4.56. The zero-order chi connectivity index (χ0) is 23.9. The van der Waals surface area contributed by atoms with Gasteiger partial charge in [-0.1, -0.05) is 6.07 Å². The number of carbonyl (C=O) groups excluding carboxylic acids is 1. The first-order chi connectivity index (χ1) is 16.3. The third-order valence-corrected chi connectivity index (χ3v) is 7.15. The van der Waals surface area contributed by atoms with Gasteiger partial charge in [-0.05, 0) is 80.2 Å². The van der Waals surface area contributed by atoms with Gasteiger partial charge in [0.05, 0.1) is 11.1 Å². The highest BCUT2D eigenvalue weighted by Crippen LogP contribution is 2.38. The van der Waals surface area contributed by atoms with Gasteiger partial charge in [0.2, 0.25) is 5.91 Å². The predicted octanol–water partition coefficient (Wildman–Crippen LogP) is 5.59. The molecule has 0 spiro atoms. The van der Waals surface area contributed by atoms with E-state index in [1.807, 2.05) is 11.1 Å². The van der Waals surface area contributed by atoms with Gasteiger partial charge in [0, 0.05) is 43.3 Å². The largest absolute Gasteiger partial charge is 0.416 e. The van der Waals surface area contributed by atoms with Crippen molar-refractivity contribution in [3.05, 3.63) is 65.6 Å². The summed E-state index contributed by atoms with van der Waals surface area (Å²) in [5.41, 5.74) is 1.44. The molecule has 180 valence electrons. The number of piperidine rings is 1. The highest BCUT2D eigenvalue weighted by Gasteiger charge is 2.32. The minimum absolute atomic E-state index is 0.227. The van der Waals surface area contributed by atoms with Gasteiger partial charge in [-0.3, -0.25) is 4.79 Å². The van der Waals surface area contributed by atoms with Crippen molar-refractivity contribution in [2.24, 2.45) is 0 Å². The smallest absolute Gasteiger partial charge is 0.341 e. The van der Waals surface area contributed by atoms with E-state index in [1.165, 1.54) is 18.2 Å². The summed E-state index contributed by atoms with van der Waals surface area (Å²) < 4.78 is 55.5. The average molecular weight is 474 g/mol. The molecule has 0 bridgehead atoms. The molecule has 0 radical (unpaired) electrons. The number of alkyl halides is 3. The molecule has 2 fully saturated rings. The fourth-order valence-electron chi connectivity index (χ4n) is 5.24. The number of benzene rings is 2. The fourth-order valence-corrected chi connectivity index (χ4v) is 5.24. The van der Waals surface area contributed by atoms with E-state index in [1.54, 1.807) is 22.8 Å². The number of likely N-dealkylation sites (tertiary alicyclic amines) is 2. The van der Waals surface area contributed by atoms with Crippen molar-refractivity contribution in [3.63, 3.8) is 0 Å². The standard InChI is InChI=1S/C26H27F4N3O/c27-20-4-6-21(7-5-20)33-17-23(22-8-3-19(16-24(22)33)26(28,29)30)18-9-12-31(13-10-18)14-15-32-11-1-2-25(32)34/h3-8,16-18H,1-2,9-15H2. The molecule has 1 aromatic heterocycles. The van der Waals surface area contributed by atoms with Crippen LogP contribution in [0.1, 0.15) is 42.7 Å². The minimum atomic E-state index is -4.44. The Morgan fingerprint density at radius 3 is 2.32 bits per heavy atom. The number of carbonyl (C=O) groups is 1. The first-order valence-corrected chi connectivity index (χ1v) is 11.8. The van der Waals surface area contributed by atoms with Crippen LogP contribution in [0.25, 0.3) is 16.6 Å². The lowest BCUT2D eigenvalue weighted by molar-refractivity contribution is -0.137. The Morgan fingerprint density at radius 2 is 1.68 bits per heavy atom. The second-order valence-corrected chi connectivity index (χ2v) is 9.26. The summed E-state index contributed by atoms with van der Waals surface area (Å²) in [6.07, 6.45) is 0.871. The summed E-state index contributed by atoms with van der Waals surface area (Å²) in [6, 6.07) is 9.70. The average Bonchev–Trinajstić information content (AvgIpc) is 3.41. The summed E-state index contributed by atoms with van der Waals surface area (Å²) in [6.45, 7) is 4.23. The van der Waals surface area contributed by atoms with Crippen LogP contribution in [0.4, 0.5) is 17.6 Å². The Bertz CT molecular complexity index is 1180. The van der Waals surface area contributed by atoms with E-state index in [4.69, 9.17) is 0 Å². The van der Waals surface area contributed by atoms with Crippen LogP contribution >= 0.6 is 0 Å². The zero-order valence-corrected chi connectivity index (χ0v) is 18.8. The molecule has 2 aliphatic heterocycles. The SMILES string of the molecule is O=C1CCCN1CCN1CCC(c2cn(-c3ccc(F)cc3)c3cc(C(F)(F)F)ccc23)CC1. The maximum atomic E-state index is 13.5. The summed E-state index contributed by atoms with van der Waals surface area (Å²) in [7, 11) is 0. The third-order valence-electron chi connectivity index (χ3n) is 7.15. The topological polar surface area (TPSA) is 28.5 Å². The van der Waals surface area contributed by atoms with Gasteiger partial charge in [-0.15, -0.1) is 0 Å². The monoisotopic (exact) mass is 473 g/mol. The fraction of sp³-hybridized carbons (Fsp3) is 0.423. The van der Waals surface area contributed by atoms with E-state index in [0.717, 1.165) is 69.0 Å². The minimum Gasteiger partial charge on any atom is -0.341 e. The van der Waals surface area contributed by atoms with Crippen molar-refractivity contribution in [2.45, 2.75) is 37.8 Å². The molecule has 8 heteroatoms. The molecule has 3 heterocycles. The molecule has 2 saturated heterocycles. The summed E-state index contributed by atoms with van der Waals surface area (Å²) in [5, 5.41) is 0.804. The van der Waals surface area contributed by atoms with Crippen LogP contribution in [-0.2, 0) is 11.0 Å². The molecule has 34 heavy (non-hydrogen) atoms. The Balaban J connectivity index is 1.39. The molecule has 2 aliphatic rings. The van der Waals surface area contributed by atoms with Crippen LogP contribution < -0.4 is 0 Å². The normalized spacial score (nSPS) is 18.4. The first-order valence-electron chi connectivity index (χ1n) is 11.8. The lowest BCUT2D eigenvalue weighted by atomic mass is 9.89. The predicted molar refractivity (Wildman–Crippen MR) is 122 cm³/mol. The molecule has 2 aromatic carbocycles. The number of amides is 1. The Hall–Kier alpha value is -2.87. The van der Waals surface area contributed by atoms with Gasteiger partial charge in [0.25, 0.3) is 0 Å². The molecule has 0 N–H and O–H groups in total. The molecule has 0 unspecified atom stereocenters. The zero-order valence-electron chi connectivity index (χ0n) is 18.8. The number of fused-ring (bicyclic) bond motifs is 1. The maximum Gasteiger partial charge on any atom is 0.416 e. The molecule has 0 aliphatic carbocycles. The number of hydrogen-bond acceptors (Lipinski definition) is 2. The highest BCUT2D eigenvalue weighted by atomic mass is 19.4. The lowest BCUT2D eigenvalue weighted by Gasteiger charge is -2.33. The first kappa shape index (κ1) is 22.9. The van der Waals surface area contributed by atoms with E-state index >= 15 is 0 Å². The number of nitrogens with zero attached hydrogens (tertiary/aromatic N) is 3. The van der Waals surface area contributed by atoms with E-state index in [9.17, 15) is 22.4 Å². The summed E-state index contributed by atoms with van der Waals surface area (Å²) >= 11 is 0. The van der Waals surface area contributed by atoms with Crippen molar-refractivity contribution >= 4 is 16.8 Å². The summed E-state index contributed by atoms with van der Waals surface area (Å²) in [4.78, 5) is 16.1. The van der Waals surface area contributed by atoms with E-state index < -0.39 is 11.7 Å². The van der Waals surface area contributed by atoms with Gasteiger partial charge in [0.15, 0.2) is 0 Å². The van der Waals surface area contributed by atoms with Gasteiger partial charge in [-0.25, -0.2) is 4.39 Å². The van der Waals surface area contributed by atoms with Crippen LogP contribution in [0.5, 0.6) is 0 Å².